The number of sulfonamides is 1. The predicted molar refractivity (Wildman–Crippen MR) is 103 cm³/mol. The van der Waals surface area contributed by atoms with Crippen LogP contribution >= 0.6 is 0 Å². The van der Waals surface area contributed by atoms with Gasteiger partial charge in [-0.3, -0.25) is 4.79 Å². The van der Waals surface area contributed by atoms with Crippen LogP contribution in [-0.4, -0.2) is 20.4 Å². The summed E-state index contributed by atoms with van der Waals surface area (Å²) in [5, 5.41) is 2.68. The molecule has 0 unspecified atom stereocenters. The molecule has 2 aromatic carbocycles. The fourth-order valence-corrected chi connectivity index (χ4v) is 3.98. The first-order valence-corrected chi connectivity index (χ1v) is 10.5. The molecule has 0 saturated carbocycles. The van der Waals surface area contributed by atoms with Gasteiger partial charge in [-0.15, -0.1) is 0 Å². The van der Waals surface area contributed by atoms with Gasteiger partial charge in [0.05, 0.1) is 10.5 Å². The Morgan fingerprint density at radius 3 is 2.31 bits per heavy atom. The molecule has 1 amide bonds. The van der Waals surface area contributed by atoms with E-state index in [1.807, 2.05) is 30.3 Å². The molecule has 2 N–H and O–H groups in total. The van der Waals surface area contributed by atoms with Gasteiger partial charge in [0.25, 0.3) is 0 Å². The summed E-state index contributed by atoms with van der Waals surface area (Å²) in [5.74, 6) is -0.912. The standard InChI is InChI=1S/C20H23F3N2O3S/c1-3-14(2)18(19(26)24-13-15-8-5-4-6-9-15)25-29(27,28)17-11-7-10-16(12-17)20(21,22)23/h4-12,14,18,25H,3,13H2,1-2H3,(H,24,26)/t14-,18+/m0/s1. The summed E-state index contributed by atoms with van der Waals surface area (Å²) in [6, 6.07) is 11.4. The highest BCUT2D eigenvalue weighted by atomic mass is 32.2. The largest absolute Gasteiger partial charge is 0.416 e. The van der Waals surface area contributed by atoms with Crippen LogP contribution in [0.15, 0.2) is 59.5 Å². The zero-order valence-corrected chi connectivity index (χ0v) is 16.8. The van der Waals surface area contributed by atoms with E-state index in [1.165, 1.54) is 0 Å². The lowest BCUT2D eigenvalue weighted by Crippen LogP contribution is -2.49. The van der Waals surface area contributed by atoms with Crippen molar-refractivity contribution in [1.29, 1.82) is 0 Å². The van der Waals surface area contributed by atoms with Crippen molar-refractivity contribution in [3.05, 3.63) is 65.7 Å². The minimum atomic E-state index is -4.67. The Hall–Kier alpha value is -2.39. The third-order valence-corrected chi connectivity index (χ3v) is 6.00. The lowest BCUT2D eigenvalue weighted by atomic mass is 9.99. The third kappa shape index (κ3) is 6.30. The van der Waals surface area contributed by atoms with Gasteiger partial charge in [-0.05, 0) is 29.7 Å². The molecule has 0 aromatic heterocycles. The molecule has 0 radical (unpaired) electrons. The van der Waals surface area contributed by atoms with E-state index in [1.54, 1.807) is 13.8 Å². The van der Waals surface area contributed by atoms with E-state index in [-0.39, 0.29) is 12.5 Å². The first kappa shape index (κ1) is 22.9. The minimum Gasteiger partial charge on any atom is -0.351 e. The number of amides is 1. The van der Waals surface area contributed by atoms with Crippen LogP contribution < -0.4 is 10.0 Å². The van der Waals surface area contributed by atoms with Gasteiger partial charge in [0.2, 0.25) is 15.9 Å². The van der Waals surface area contributed by atoms with Gasteiger partial charge in [-0.25, -0.2) is 8.42 Å². The third-order valence-electron chi connectivity index (χ3n) is 4.56. The Morgan fingerprint density at radius 2 is 1.72 bits per heavy atom. The quantitative estimate of drug-likeness (QED) is 0.673. The number of carbonyl (C=O) groups excluding carboxylic acids is 1. The fourth-order valence-electron chi connectivity index (χ4n) is 2.63. The molecule has 0 saturated heterocycles. The molecule has 0 spiro atoms. The molecule has 9 heteroatoms. The van der Waals surface area contributed by atoms with E-state index in [9.17, 15) is 26.4 Å². The maximum absolute atomic E-state index is 12.9. The highest BCUT2D eigenvalue weighted by molar-refractivity contribution is 7.89. The summed E-state index contributed by atoms with van der Waals surface area (Å²) >= 11 is 0. The topological polar surface area (TPSA) is 75.3 Å². The Morgan fingerprint density at radius 1 is 1.07 bits per heavy atom. The second-order valence-electron chi connectivity index (χ2n) is 6.71. The zero-order chi connectivity index (χ0) is 21.7. The molecule has 2 aromatic rings. The van der Waals surface area contributed by atoms with Crippen LogP contribution in [0.25, 0.3) is 0 Å². The van der Waals surface area contributed by atoms with Crippen LogP contribution in [0.4, 0.5) is 13.2 Å². The lowest BCUT2D eigenvalue weighted by molar-refractivity contribution is -0.137. The van der Waals surface area contributed by atoms with Crippen molar-refractivity contribution in [3.63, 3.8) is 0 Å². The van der Waals surface area contributed by atoms with Gasteiger partial charge in [-0.1, -0.05) is 56.7 Å². The first-order chi connectivity index (χ1) is 13.5. The monoisotopic (exact) mass is 428 g/mol. The summed E-state index contributed by atoms with van der Waals surface area (Å²) < 4.78 is 66.3. The molecular weight excluding hydrogens is 405 g/mol. The Bertz CT molecular complexity index is 931. The van der Waals surface area contributed by atoms with E-state index in [2.05, 4.69) is 10.0 Å². The minimum absolute atomic E-state index is 0.206. The second-order valence-corrected chi connectivity index (χ2v) is 8.43. The summed E-state index contributed by atoms with van der Waals surface area (Å²) in [6.45, 7) is 3.69. The molecule has 5 nitrogen and oxygen atoms in total. The van der Waals surface area contributed by atoms with Crippen molar-refractivity contribution in [2.75, 3.05) is 0 Å². The van der Waals surface area contributed by atoms with E-state index in [0.29, 0.717) is 12.5 Å². The lowest BCUT2D eigenvalue weighted by Gasteiger charge is -2.23. The molecule has 158 valence electrons. The Balaban J connectivity index is 2.21. The number of alkyl halides is 3. The molecule has 0 aliphatic carbocycles. The molecule has 2 atom stereocenters. The summed E-state index contributed by atoms with van der Waals surface area (Å²) in [5.41, 5.74) is -0.238. The van der Waals surface area contributed by atoms with Gasteiger partial charge in [0, 0.05) is 6.54 Å². The number of halogens is 3. The maximum Gasteiger partial charge on any atom is 0.416 e. The predicted octanol–water partition coefficient (Wildman–Crippen LogP) is 3.71. The molecule has 0 aliphatic rings. The molecule has 0 bridgehead atoms. The summed E-state index contributed by atoms with van der Waals surface area (Å²) in [7, 11) is -4.34. The van der Waals surface area contributed by atoms with E-state index in [0.717, 1.165) is 23.8 Å². The van der Waals surface area contributed by atoms with Crippen LogP contribution in [0.1, 0.15) is 31.4 Å². The molecular formula is C20H23F3N2O3S. The van der Waals surface area contributed by atoms with Crippen molar-refractivity contribution < 1.29 is 26.4 Å². The van der Waals surface area contributed by atoms with Crippen molar-refractivity contribution >= 4 is 15.9 Å². The molecule has 0 heterocycles. The number of hydrogen-bond donors (Lipinski definition) is 2. The number of hydrogen-bond acceptors (Lipinski definition) is 3. The van der Waals surface area contributed by atoms with Crippen molar-refractivity contribution in [3.8, 4) is 0 Å². The number of nitrogens with one attached hydrogen (secondary N) is 2. The average Bonchev–Trinajstić information content (AvgIpc) is 2.70. The fraction of sp³-hybridized carbons (Fsp3) is 0.350. The van der Waals surface area contributed by atoms with Crippen LogP contribution in [0.3, 0.4) is 0 Å². The van der Waals surface area contributed by atoms with E-state index in [4.69, 9.17) is 0 Å². The Labute approximate surface area is 168 Å². The van der Waals surface area contributed by atoms with Gasteiger partial charge in [0.15, 0.2) is 0 Å². The SMILES string of the molecule is CC[C@H](C)[C@@H](NS(=O)(=O)c1cccc(C(F)(F)F)c1)C(=O)NCc1ccccc1. The van der Waals surface area contributed by atoms with E-state index < -0.39 is 38.6 Å². The highest BCUT2D eigenvalue weighted by Gasteiger charge is 2.33. The van der Waals surface area contributed by atoms with Crippen LogP contribution in [0.2, 0.25) is 0 Å². The van der Waals surface area contributed by atoms with Crippen molar-refractivity contribution in [1.82, 2.24) is 10.0 Å². The summed E-state index contributed by atoms with van der Waals surface area (Å²) in [4.78, 5) is 12.1. The molecule has 0 fully saturated rings. The molecule has 2 rings (SSSR count). The Kier molecular flexibility index (Phi) is 7.43. The number of carbonyl (C=O) groups is 1. The van der Waals surface area contributed by atoms with Gasteiger partial charge < -0.3 is 5.32 Å². The normalized spacial score (nSPS) is 14.2. The van der Waals surface area contributed by atoms with Crippen LogP contribution in [-0.2, 0) is 27.5 Å². The maximum atomic E-state index is 12.9. The van der Waals surface area contributed by atoms with E-state index >= 15 is 0 Å². The van der Waals surface area contributed by atoms with Crippen molar-refractivity contribution in [2.45, 2.75) is 43.9 Å². The summed E-state index contributed by atoms with van der Waals surface area (Å²) in [6.07, 6.45) is -4.18. The highest BCUT2D eigenvalue weighted by Crippen LogP contribution is 2.30. The number of benzene rings is 2. The molecule has 0 aliphatic heterocycles. The molecule has 29 heavy (non-hydrogen) atoms. The van der Waals surface area contributed by atoms with Crippen LogP contribution in [0.5, 0.6) is 0 Å². The average molecular weight is 428 g/mol. The smallest absolute Gasteiger partial charge is 0.351 e. The van der Waals surface area contributed by atoms with Crippen molar-refractivity contribution in [2.24, 2.45) is 5.92 Å². The zero-order valence-electron chi connectivity index (χ0n) is 16.0. The van der Waals surface area contributed by atoms with Crippen LogP contribution in [0, 0.1) is 5.92 Å². The second kappa shape index (κ2) is 9.41. The van der Waals surface area contributed by atoms with Gasteiger partial charge in [-0.2, -0.15) is 17.9 Å². The first-order valence-electron chi connectivity index (χ1n) is 9.06. The number of rotatable bonds is 8. The van der Waals surface area contributed by atoms with Gasteiger partial charge >= 0.3 is 6.18 Å². The van der Waals surface area contributed by atoms with Gasteiger partial charge in [0.1, 0.15) is 6.04 Å².